The molecule has 5 rings (SSSR count). The number of carbonyl (C=O) groups is 1. The summed E-state index contributed by atoms with van der Waals surface area (Å²) in [6, 6.07) is 17.8. The van der Waals surface area contributed by atoms with Crippen LogP contribution < -0.4 is 9.47 Å². The lowest BCUT2D eigenvalue weighted by Crippen LogP contribution is -2.55. The number of fused-ring (bicyclic) bond motifs is 2. The Bertz CT molecular complexity index is 1290. The SMILES string of the molecule is COc1ccc2c(c1)C(N1CCN(C(=O)Cc3ccc(F)cc3)[C@H](C)C1)=Nc1ccc(C)cc1O2. The maximum atomic E-state index is 13.2. The first-order valence-corrected chi connectivity index (χ1v) is 11.8. The van der Waals surface area contributed by atoms with Crippen LogP contribution in [-0.4, -0.2) is 54.3 Å². The van der Waals surface area contributed by atoms with Crippen molar-refractivity contribution in [2.24, 2.45) is 4.99 Å². The van der Waals surface area contributed by atoms with Crippen LogP contribution >= 0.6 is 0 Å². The number of amides is 1. The molecule has 1 saturated heterocycles. The van der Waals surface area contributed by atoms with Crippen LogP contribution in [0.2, 0.25) is 0 Å². The lowest BCUT2D eigenvalue weighted by atomic mass is 10.1. The minimum Gasteiger partial charge on any atom is -0.497 e. The second-order valence-electron chi connectivity index (χ2n) is 9.06. The molecule has 2 aliphatic heterocycles. The van der Waals surface area contributed by atoms with Gasteiger partial charge in [-0.3, -0.25) is 4.79 Å². The molecule has 1 fully saturated rings. The number of benzene rings is 3. The van der Waals surface area contributed by atoms with E-state index in [1.54, 1.807) is 19.2 Å². The van der Waals surface area contributed by atoms with Gasteiger partial charge in [-0.1, -0.05) is 18.2 Å². The van der Waals surface area contributed by atoms with Crippen LogP contribution in [0.4, 0.5) is 10.1 Å². The van der Waals surface area contributed by atoms with Crippen molar-refractivity contribution in [3.63, 3.8) is 0 Å². The van der Waals surface area contributed by atoms with Gasteiger partial charge >= 0.3 is 0 Å². The highest BCUT2D eigenvalue weighted by atomic mass is 19.1. The monoisotopic (exact) mass is 473 g/mol. The van der Waals surface area contributed by atoms with Crippen molar-refractivity contribution in [1.29, 1.82) is 0 Å². The third-order valence-electron chi connectivity index (χ3n) is 6.51. The molecular weight excluding hydrogens is 445 g/mol. The maximum absolute atomic E-state index is 13.2. The van der Waals surface area contributed by atoms with Crippen molar-refractivity contribution in [3.8, 4) is 17.2 Å². The van der Waals surface area contributed by atoms with Gasteiger partial charge in [0.05, 0.1) is 19.1 Å². The average molecular weight is 474 g/mol. The Kier molecular flexibility index (Phi) is 6.16. The molecule has 35 heavy (non-hydrogen) atoms. The number of piperazine rings is 1. The molecule has 0 aromatic heterocycles. The van der Waals surface area contributed by atoms with Crippen molar-refractivity contribution in [2.75, 3.05) is 26.7 Å². The zero-order valence-corrected chi connectivity index (χ0v) is 20.1. The van der Waals surface area contributed by atoms with Gasteiger partial charge in [0.25, 0.3) is 0 Å². The number of carbonyl (C=O) groups excluding carboxylic acids is 1. The van der Waals surface area contributed by atoms with E-state index in [4.69, 9.17) is 14.5 Å². The number of aryl methyl sites for hydroxylation is 1. The molecule has 0 spiro atoms. The van der Waals surface area contributed by atoms with Gasteiger partial charge < -0.3 is 19.3 Å². The summed E-state index contributed by atoms with van der Waals surface area (Å²) < 4.78 is 25.0. The van der Waals surface area contributed by atoms with E-state index < -0.39 is 0 Å². The summed E-state index contributed by atoms with van der Waals surface area (Å²) in [7, 11) is 1.64. The first-order chi connectivity index (χ1) is 16.9. The quantitative estimate of drug-likeness (QED) is 0.531. The number of methoxy groups -OCH3 is 1. The molecule has 0 N–H and O–H groups in total. The molecule has 0 unspecified atom stereocenters. The molecule has 0 aliphatic carbocycles. The van der Waals surface area contributed by atoms with Crippen molar-refractivity contribution in [1.82, 2.24) is 9.80 Å². The minimum absolute atomic E-state index is 0.0184. The molecule has 0 radical (unpaired) electrons. The summed E-state index contributed by atoms with van der Waals surface area (Å²) in [6.07, 6.45) is 0.256. The van der Waals surface area contributed by atoms with Crippen LogP contribution in [0.25, 0.3) is 0 Å². The molecular formula is C28H28FN3O3. The largest absolute Gasteiger partial charge is 0.497 e. The molecule has 1 atom stereocenters. The summed E-state index contributed by atoms with van der Waals surface area (Å²) in [5.41, 5.74) is 3.53. The molecule has 2 aliphatic rings. The molecule has 2 heterocycles. The Morgan fingerprint density at radius 1 is 1.09 bits per heavy atom. The first kappa shape index (κ1) is 22.9. The van der Waals surface area contributed by atoms with Crippen LogP contribution in [-0.2, 0) is 11.2 Å². The molecule has 3 aromatic rings. The fourth-order valence-corrected chi connectivity index (χ4v) is 4.63. The fourth-order valence-electron chi connectivity index (χ4n) is 4.63. The van der Waals surface area contributed by atoms with E-state index in [0.29, 0.717) is 25.4 Å². The van der Waals surface area contributed by atoms with Crippen LogP contribution in [0.5, 0.6) is 17.2 Å². The van der Waals surface area contributed by atoms with E-state index >= 15 is 0 Å². The van der Waals surface area contributed by atoms with Gasteiger partial charge in [-0.2, -0.15) is 0 Å². The van der Waals surface area contributed by atoms with Crippen LogP contribution in [0.15, 0.2) is 65.7 Å². The summed E-state index contributed by atoms with van der Waals surface area (Å²) in [4.78, 5) is 22.2. The number of hydrogen-bond donors (Lipinski definition) is 0. The molecule has 0 saturated carbocycles. The predicted octanol–water partition coefficient (Wildman–Crippen LogP) is 5.10. The van der Waals surface area contributed by atoms with Crippen molar-refractivity contribution in [2.45, 2.75) is 26.3 Å². The van der Waals surface area contributed by atoms with Gasteiger partial charge in [0, 0.05) is 25.7 Å². The molecule has 1 amide bonds. The van der Waals surface area contributed by atoms with E-state index in [1.165, 1.54) is 12.1 Å². The number of rotatable bonds is 3. The van der Waals surface area contributed by atoms with Gasteiger partial charge in [0.1, 0.15) is 28.8 Å². The normalized spacial score (nSPS) is 17.0. The summed E-state index contributed by atoms with van der Waals surface area (Å²) in [5.74, 6) is 2.70. The Morgan fingerprint density at radius 3 is 2.63 bits per heavy atom. The third kappa shape index (κ3) is 4.71. The fraction of sp³-hybridized carbons (Fsp3) is 0.286. The van der Waals surface area contributed by atoms with Gasteiger partial charge in [0.15, 0.2) is 5.75 Å². The number of nitrogens with zero attached hydrogens (tertiary/aromatic N) is 3. The van der Waals surface area contributed by atoms with Crippen molar-refractivity contribution >= 4 is 17.4 Å². The van der Waals surface area contributed by atoms with E-state index in [9.17, 15) is 9.18 Å². The molecule has 7 heteroatoms. The van der Waals surface area contributed by atoms with Gasteiger partial charge in [-0.25, -0.2) is 9.38 Å². The highest BCUT2D eigenvalue weighted by Crippen LogP contribution is 2.40. The second kappa shape index (κ2) is 9.41. The summed E-state index contributed by atoms with van der Waals surface area (Å²) in [6.45, 7) is 5.91. The van der Waals surface area contributed by atoms with Gasteiger partial charge in [-0.05, 0) is 67.4 Å². The molecule has 3 aromatic carbocycles. The Morgan fingerprint density at radius 2 is 1.89 bits per heavy atom. The van der Waals surface area contributed by atoms with Gasteiger partial charge in [-0.15, -0.1) is 0 Å². The van der Waals surface area contributed by atoms with E-state index in [0.717, 1.165) is 39.7 Å². The highest BCUT2D eigenvalue weighted by molar-refractivity contribution is 6.04. The number of halogens is 1. The zero-order valence-electron chi connectivity index (χ0n) is 20.1. The number of amidine groups is 1. The Balaban J connectivity index is 1.41. The van der Waals surface area contributed by atoms with E-state index in [1.807, 2.05) is 55.1 Å². The van der Waals surface area contributed by atoms with Gasteiger partial charge in [0.2, 0.25) is 5.91 Å². The first-order valence-electron chi connectivity index (χ1n) is 11.8. The third-order valence-corrected chi connectivity index (χ3v) is 6.51. The summed E-state index contributed by atoms with van der Waals surface area (Å²) in [5, 5.41) is 0. The molecule has 0 bridgehead atoms. The van der Waals surface area contributed by atoms with Crippen molar-refractivity contribution < 1.29 is 18.7 Å². The number of aliphatic imine (C=N–C) groups is 1. The lowest BCUT2D eigenvalue weighted by molar-refractivity contribution is -0.134. The number of ether oxygens (including phenoxy) is 2. The molecule has 180 valence electrons. The standard InChI is InChI=1S/C28H28FN3O3/c1-18-4-10-24-26(14-18)35-25-11-9-22(34-3)16-23(25)28(30-24)31-12-13-32(19(2)17-31)27(33)15-20-5-7-21(29)8-6-20/h4-11,14,16,19H,12-13,15,17H2,1-3H3/t19-/m1/s1. The van der Waals surface area contributed by atoms with Crippen molar-refractivity contribution in [3.05, 3.63) is 83.2 Å². The smallest absolute Gasteiger partial charge is 0.227 e. The zero-order chi connectivity index (χ0) is 24.5. The number of hydrogen-bond acceptors (Lipinski definition) is 5. The average Bonchev–Trinajstić information content (AvgIpc) is 3.01. The summed E-state index contributed by atoms with van der Waals surface area (Å²) >= 11 is 0. The highest BCUT2D eigenvalue weighted by Gasteiger charge is 2.31. The Hall–Kier alpha value is -3.87. The topological polar surface area (TPSA) is 54.4 Å². The minimum atomic E-state index is -0.301. The Labute approximate surface area is 204 Å². The maximum Gasteiger partial charge on any atom is 0.227 e. The lowest BCUT2D eigenvalue weighted by Gasteiger charge is -2.41. The second-order valence-corrected chi connectivity index (χ2v) is 9.06. The predicted molar refractivity (Wildman–Crippen MR) is 133 cm³/mol. The van der Waals surface area contributed by atoms with Crippen LogP contribution in [0.1, 0.15) is 23.6 Å². The van der Waals surface area contributed by atoms with E-state index in [2.05, 4.69) is 4.90 Å². The van der Waals surface area contributed by atoms with Crippen LogP contribution in [0.3, 0.4) is 0 Å². The van der Waals surface area contributed by atoms with Crippen LogP contribution in [0, 0.1) is 12.7 Å². The van der Waals surface area contributed by atoms with E-state index in [-0.39, 0.29) is 24.2 Å². The molecule has 6 nitrogen and oxygen atoms in total.